The monoisotopic (exact) mass is 362 g/mol. The number of carbonyl (C=O) groups excluding carboxylic acids is 1. The van der Waals surface area contributed by atoms with Crippen LogP contribution in [0.15, 0.2) is 48.8 Å². The molecule has 1 heterocycles. The zero-order valence-corrected chi connectivity index (χ0v) is 12.9. The van der Waals surface area contributed by atoms with E-state index >= 15 is 0 Å². The van der Waals surface area contributed by atoms with Crippen molar-refractivity contribution in [2.45, 2.75) is 0 Å². The van der Waals surface area contributed by atoms with E-state index in [4.69, 9.17) is 0 Å². The Morgan fingerprint density at radius 2 is 1.62 bits per heavy atom. The molecule has 0 fully saturated rings. The maximum atomic E-state index is 13.7. The number of amides is 1. The van der Waals surface area contributed by atoms with Gasteiger partial charge in [0.15, 0.2) is 17.5 Å². The lowest BCUT2D eigenvalue weighted by atomic mass is 10.2. The highest BCUT2D eigenvalue weighted by Crippen LogP contribution is 2.23. The summed E-state index contributed by atoms with van der Waals surface area (Å²) in [5.74, 6) is -5.80. The van der Waals surface area contributed by atoms with E-state index in [1.54, 1.807) is 0 Å². The molecule has 0 bridgehead atoms. The fourth-order valence-electron chi connectivity index (χ4n) is 2.06. The first-order chi connectivity index (χ1) is 12.5. The molecule has 0 spiro atoms. The van der Waals surface area contributed by atoms with Gasteiger partial charge in [-0.05, 0) is 24.3 Å². The van der Waals surface area contributed by atoms with Crippen LogP contribution in [0.25, 0.3) is 0 Å². The lowest BCUT2D eigenvalue weighted by Gasteiger charge is -2.09. The highest BCUT2D eigenvalue weighted by Gasteiger charge is 2.15. The van der Waals surface area contributed by atoms with Gasteiger partial charge in [-0.1, -0.05) is 12.1 Å². The number of aromatic nitrogens is 2. The van der Waals surface area contributed by atoms with Gasteiger partial charge in [0.2, 0.25) is 0 Å². The van der Waals surface area contributed by atoms with E-state index < -0.39 is 29.2 Å². The van der Waals surface area contributed by atoms with Crippen LogP contribution in [0.2, 0.25) is 0 Å². The van der Waals surface area contributed by atoms with Crippen LogP contribution >= 0.6 is 0 Å². The SMILES string of the molecule is O=C(Nc1ccccc1F)c1cc(Nc2ccc(F)c(F)c2F)ncn1. The minimum Gasteiger partial charge on any atom is -0.338 e. The summed E-state index contributed by atoms with van der Waals surface area (Å²) in [7, 11) is 0. The molecule has 0 saturated carbocycles. The fraction of sp³-hybridized carbons (Fsp3) is 0. The van der Waals surface area contributed by atoms with Crippen LogP contribution in [0.4, 0.5) is 34.8 Å². The Bertz CT molecular complexity index is 981. The quantitative estimate of drug-likeness (QED) is 0.543. The van der Waals surface area contributed by atoms with Crippen molar-refractivity contribution in [3.63, 3.8) is 0 Å². The Kier molecular flexibility index (Phi) is 4.78. The maximum absolute atomic E-state index is 13.7. The molecule has 26 heavy (non-hydrogen) atoms. The molecular weight excluding hydrogens is 352 g/mol. The number of anilines is 3. The molecule has 0 aliphatic heterocycles. The van der Waals surface area contributed by atoms with E-state index in [1.807, 2.05) is 0 Å². The molecule has 0 aliphatic rings. The molecule has 2 aromatic carbocycles. The van der Waals surface area contributed by atoms with Gasteiger partial charge in [-0.25, -0.2) is 27.5 Å². The average Bonchev–Trinajstić information content (AvgIpc) is 2.64. The van der Waals surface area contributed by atoms with Gasteiger partial charge in [0.25, 0.3) is 5.91 Å². The number of nitrogens with zero attached hydrogens (tertiary/aromatic N) is 2. The number of carbonyl (C=O) groups is 1. The van der Waals surface area contributed by atoms with E-state index in [9.17, 15) is 22.4 Å². The van der Waals surface area contributed by atoms with Crippen LogP contribution in [0.3, 0.4) is 0 Å². The van der Waals surface area contributed by atoms with Crippen molar-refractivity contribution in [3.05, 3.63) is 77.8 Å². The van der Waals surface area contributed by atoms with Gasteiger partial charge in [-0.15, -0.1) is 0 Å². The van der Waals surface area contributed by atoms with Crippen molar-refractivity contribution in [1.29, 1.82) is 0 Å². The summed E-state index contributed by atoms with van der Waals surface area (Å²) >= 11 is 0. The normalized spacial score (nSPS) is 10.5. The predicted molar refractivity (Wildman–Crippen MR) is 86.0 cm³/mol. The topological polar surface area (TPSA) is 66.9 Å². The van der Waals surface area contributed by atoms with Crippen LogP contribution in [0.5, 0.6) is 0 Å². The number of hydrogen-bond donors (Lipinski definition) is 2. The smallest absolute Gasteiger partial charge is 0.274 e. The van der Waals surface area contributed by atoms with Crippen molar-refractivity contribution in [1.82, 2.24) is 9.97 Å². The van der Waals surface area contributed by atoms with Gasteiger partial charge in [0, 0.05) is 6.07 Å². The highest BCUT2D eigenvalue weighted by atomic mass is 19.2. The second-order valence-electron chi connectivity index (χ2n) is 5.07. The summed E-state index contributed by atoms with van der Waals surface area (Å²) in [6.07, 6.45) is 1.01. The molecule has 0 atom stereocenters. The molecule has 0 saturated heterocycles. The highest BCUT2D eigenvalue weighted by molar-refractivity contribution is 6.03. The molecule has 5 nitrogen and oxygen atoms in total. The number of hydrogen-bond acceptors (Lipinski definition) is 4. The van der Waals surface area contributed by atoms with Crippen molar-refractivity contribution < 1.29 is 22.4 Å². The third kappa shape index (κ3) is 3.61. The Labute approximate surface area is 144 Å². The molecule has 132 valence electrons. The minimum absolute atomic E-state index is 0.0383. The largest absolute Gasteiger partial charge is 0.338 e. The molecule has 1 aromatic heterocycles. The maximum Gasteiger partial charge on any atom is 0.274 e. The van der Waals surface area contributed by atoms with Gasteiger partial charge in [0.1, 0.15) is 23.7 Å². The molecule has 0 radical (unpaired) electrons. The van der Waals surface area contributed by atoms with E-state index in [1.165, 1.54) is 24.3 Å². The van der Waals surface area contributed by atoms with Gasteiger partial charge >= 0.3 is 0 Å². The fourth-order valence-corrected chi connectivity index (χ4v) is 2.06. The first-order valence-corrected chi connectivity index (χ1v) is 7.24. The summed E-state index contributed by atoms with van der Waals surface area (Å²) in [5, 5.41) is 4.75. The second kappa shape index (κ2) is 7.18. The van der Waals surface area contributed by atoms with Crippen molar-refractivity contribution in [2.24, 2.45) is 0 Å². The summed E-state index contributed by atoms with van der Waals surface area (Å²) in [4.78, 5) is 19.7. The molecule has 0 unspecified atom stereocenters. The molecule has 1 amide bonds. The molecule has 9 heteroatoms. The molecule has 3 rings (SSSR count). The van der Waals surface area contributed by atoms with Gasteiger partial charge < -0.3 is 10.6 Å². The van der Waals surface area contributed by atoms with Crippen LogP contribution in [0.1, 0.15) is 10.5 Å². The third-order valence-electron chi connectivity index (χ3n) is 3.32. The number of para-hydroxylation sites is 1. The Morgan fingerprint density at radius 1 is 0.846 bits per heavy atom. The summed E-state index contributed by atoms with van der Waals surface area (Å²) in [5.41, 5.74) is -0.561. The average molecular weight is 362 g/mol. The molecular formula is C17H10F4N4O. The summed E-state index contributed by atoms with van der Waals surface area (Å²) in [6.45, 7) is 0. The van der Waals surface area contributed by atoms with Crippen molar-refractivity contribution in [3.8, 4) is 0 Å². The zero-order chi connectivity index (χ0) is 18.7. The van der Waals surface area contributed by atoms with Crippen LogP contribution in [0, 0.1) is 23.3 Å². The Hall–Kier alpha value is -3.49. The minimum atomic E-state index is -1.64. The summed E-state index contributed by atoms with van der Waals surface area (Å²) in [6, 6.07) is 8.42. The molecule has 3 aromatic rings. The van der Waals surface area contributed by atoms with Crippen LogP contribution < -0.4 is 10.6 Å². The van der Waals surface area contributed by atoms with Crippen molar-refractivity contribution in [2.75, 3.05) is 10.6 Å². The lowest BCUT2D eigenvalue weighted by Crippen LogP contribution is -2.15. The number of nitrogens with one attached hydrogen (secondary N) is 2. The number of benzene rings is 2. The Morgan fingerprint density at radius 3 is 2.38 bits per heavy atom. The van der Waals surface area contributed by atoms with Gasteiger partial charge in [-0.3, -0.25) is 4.79 Å². The van der Waals surface area contributed by atoms with Gasteiger partial charge in [-0.2, -0.15) is 0 Å². The first kappa shape index (κ1) is 17.3. The van der Waals surface area contributed by atoms with E-state index in [-0.39, 0.29) is 22.9 Å². The van der Waals surface area contributed by atoms with E-state index in [2.05, 4.69) is 20.6 Å². The zero-order valence-electron chi connectivity index (χ0n) is 12.9. The predicted octanol–water partition coefficient (Wildman–Crippen LogP) is 4.03. The van der Waals surface area contributed by atoms with Crippen molar-refractivity contribution >= 4 is 23.1 Å². The second-order valence-corrected chi connectivity index (χ2v) is 5.07. The molecule has 0 aliphatic carbocycles. The molecule has 2 N–H and O–H groups in total. The number of halogens is 4. The van der Waals surface area contributed by atoms with Gasteiger partial charge in [0.05, 0.1) is 11.4 Å². The first-order valence-electron chi connectivity index (χ1n) is 7.24. The Balaban J connectivity index is 1.81. The van der Waals surface area contributed by atoms with E-state index in [0.717, 1.165) is 24.5 Å². The summed E-state index contributed by atoms with van der Waals surface area (Å²) < 4.78 is 53.5. The van der Waals surface area contributed by atoms with Crippen LogP contribution in [-0.2, 0) is 0 Å². The van der Waals surface area contributed by atoms with E-state index in [0.29, 0.717) is 0 Å². The third-order valence-corrected chi connectivity index (χ3v) is 3.32. The number of rotatable bonds is 4. The standard InChI is InChI=1S/C17H10F4N4O/c18-9-3-1-2-4-11(9)25-17(26)13-7-14(23-8-22-13)24-12-6-5-10(19)15(20)16(12)21/h1-8H,(H,25,26)(H,22,23,24). The lowest BCUT2D eigenvalue weighted by molar-refractivity contribution is 0.102. The van der Waals surface area contributed by atoms with Crippen LogP contribution in [-0.4, -0.2) is 15.9 Å².